The number of aliphatic hydroxyl groups is 1. The van der Waals surface area contributed by atoms with Crippen LogP contribution in [0.3, 0.4) is 0 Å². The Labute approximate surface area is 184 Å². The van der Waals surface area contributed by atoms with Gasteiger partial charge in [-0.2, -0.15) is 0 Å². The maximum Gasteiger partial charge on any atom is 0.240 e. The first-order chi connectivity index (χ1) is 14.9. The minimum Gasteiger partial charge on any atom is -0.491 e. The van der Waals surface area contributed by atoms with E-state index in [1.54, 1.807) is 0 Å². The highest BCUT2D eigenvalue weighted by Gasteiger charge is 2.37. The Morgan fingerprint density at radius 1 is 1.10 bits per heavy atom. The van der Waals surface area contributed by atoms with Crippen LogP contribution in [0.5, 0.6) is 5.75 Å². The minimum atomic E-state index is -0.530. The number of benzene rings is 2. The van der Waals surface area contributed by atoms with Crippen molar-refractivity contribution in [2.45, 2.75) is 45.0 Å². The molecular weight excluding hydrogens is 390 g/mol. The number of nitrogens with one attached hydrogen (secondary N) is 1. The van der Waals surface area contributed by atoms with E-state index in [0.717, 1.165) is 43.9 Å². The number of nitrogens with zero attached hydrogens (tertiary/aromatic N) is 2. The van der Waals surface area contributed by atoms with Gasteiger partial charge < -0.3 is 15.2 Å². The summed E-state index contributed by atoms with van der Waals surface area (Å²) in [5.41, 5.74) is 3.40. The van der Waals surface area contributed by atoms with Crippen molar-refractivity contribution in [1.82, 2.24) is 15.1 Å². The quantitative estimate of drug-likeness (QED) is 0.715. The molecule has 6 heteroatoms. The van der Waals surface area contributed by atoms with Crippen molar-refractivity contribution in [3.8, 4) is 5.75 Å². The predicted octanol–water partition coefficient (Wildman–Crippen LogP) is 2.19. The van der Waals surface area contributed by atoms with E-state index in [9.17, 15) is 9.90 Å². The van der Waals surface area contributed by atoms with E-state index in [2.05, 4.69) is 39.4 Å². The normalized spacial score (nSPS) is 20.0. The number of ether oxygens (including phenoxy) is 1. The Balaban J connectivity index is 1.24. The zero-order chi connectivity index (χ0) is 21.8. The molecule has 2 aliphatic heterocycles. The van der Waals surface area contributed by atoms with Crippen molar-refractivity contribution in [3.05, 3.63) is 65.2 Å². The molecule has 1 saturated heterocycles. The number of hydrogen-bond donors (Lipinski definition) is 2. The lowest BCUT2D eigenvalue weighted by molar-refractivity contribution is -0.135. The molecule has 166 valence electrons. The Kier molecular flexibility index (Phi) is 6.60. The van der Waals surface area contributed by atoms with Gasteiger partial charge in [0.25, 0.3) is 0 Å². The Bertz CT molecular complexity index is 897. The van der Waals surface area contributed by atoms with E-state index in [1.165, 1.54) is 11.1 Å². The number of β-amino-alcohol motifs (C(OH)–C–C–N with tert-alkyl or cyclic N) is 1. The van der Waals surface area contributed by atoms with E-state index in [1.807, 2.05) is 38.1 Å². The van der Waals surface area contributed by atoms with Crippen LogP contribution in [-0.4, -0.2) is 65.2 Å². The zero-order valence-electron chi connectivity index (χ0n) is 18.5. The molecule has 0 aliphatic carbocycles. The van der Waals surface area contributed by atoms with Crippen molar-refractivity contribution < 1.29 is 14.6 Å². The highest BCUT2D eigenvalue weighted by atomic mass is 16.5. The molecule has 2 aromatic rings. The number of rotatable bonds is 7. The highest BCUT2D eigenvalue weighted by molar-refractivity contribution is 5.86. The van der Waals surface area contributed by atoms with E-state index in [0.29, 0.717) is 13.1 Å². The molecule has 1 fully saturated rings. The Morgan fingerprint density at radius 2 is 1.84 bits per heavy atom. The van der Waals surface area contributed by atoms with Crippen LogP contribution in [0, 0.1) is 0 Å². The third-order valence-electron chi connectivity index (χ3n) is 6.43. The summed E-state index contributed by atoms with van der Waals surface area (Å²) in [6.07, 6.45) is 0.498. The van der Waals surface area contributed by atoms with Gasteiger partial charge in [-0.15, -0.1) is 0 Å². The van der Waals surface area contributed by atoms with Crippen LogP contribution in [-0.2, 0) is 24.3 Å². The largest absolute Gasteiger partial charge is 0.491 e. The average molecular weight is 424 g/mol. The lowest BCUT2D eigenvalue weighted by Crippen LogP contribution is -2.61. The maximum absolute atomic E-state index is 12.1. The molecule has 4 rings (SSSR count). The first-order valence-electron chi connectivity index (χ1n) is 11.1. The second kappa shape index (κ2) is 9.39. The topological polar surface area (TPSA) is 65.0 Å². The summed E-state index contributed by atoms with van der Waals surface area (Å²) in [6, 6.07) is 16.5. The Hall–Kier alpha value is -2.41. The summed E-state index contributed by atoms with van der Waals surface area (Å²) in [5, 5.41) is 13.4. The molecule has 31 heavy (non-hydrogen) atoms. The number of hydrogen-bond acceptors (Lipinski definition) is 5. The molecule has 0 radical (unpaired) electrons. The molecule has 0 aromatic heterocycles. The SMILES string of the molecule is CC1(C)C(=O)NCCN1Cc1ccc(OCC(O)CN2CCc3ccccc3C2)cc1. The third-order valence-corrected chi connectivity index (χ3v) is 6.43. The molecule has 0 bridgehead atoms. The Morgan fingerprint density at radius 3 is 2.61 bits per heavy atom. The zero-order valence-corrected chi connectivity index (χ0v) is 18.5. The van der Waals surface area contributed by atoms with Gasteiger partial charge in [-0.25, -0.2) is 0 Å². The fourth-order valence-corrected chi connectivity index (χ4v) is 4.39. The van der Waals surface area contributed by atoms with Crippen LogP contribution in [0.2, 0.25) is 0 Å². The first-order valence-corrected chi connectivity index (χ1v) is 11.1. The van der Waals surface area contributed by atoms with Gasteiger partial charge in [0.15, 0.2) is 0 Å². The van der Waals surface area contributed by atoms with E-state index in [4.69, 9.17) is 4.74 Å². The molecule has 2 aliphatic rings. The summed E-state index contributed by atoms with van der Waals surface area (Å²) in [7, 11) is 0. The van der Waals surface area contributed by atoms with Gasteiger partial charge in [-0.3, -0.25) is 14.6 Å². The molecule has 1 atom stereocenters. The molecule has 1 amide bonds. The molecule has 2 aromatic carbocycles. The monoisotopic (exact) mass is 423 g/mol. The minimum absolute atomic E-state index is 0.0740. The molecule has 1 unspecified atom stereocenters. The first kappa shape index (κ1) is 21.8. The van der Waals surface area contributed by atoms with Gasteiger partial charge in [0.2, 0.25) is 5.91 Å². The van der Waals surface area contributed by atoms with Crippen LogP contribution in [0.4, 0.5) is 0 Å². The van der Waals surface area contributed by atoms with Gasteiger partial charge in [-0.1, -0.05) is 36.4 Å². The second-order valence-electron chi connectivity index (χ2n) is 9.10. The fourth-order valence-electron chi connectivity index (χ4n) is 4.39. The predicted molar refractivity (Wildman–Crippen MR) is 121 cm³/mol. The van der Waals surface area contributed by atoms with Gasteiger partial charge in [0.05, 0.1) is 5.54 Å². The second-order valence-corrected chi connectivity index (χ2v) is 9.10. The molecule has 2 N–H and O–H groups in total. The summed E-state index contributed by atoms with van der Waals surface area (Å²) < 4.78 is 5.83. The number of fused-ring (bicyclic) bond motifs is 1. The molecular formula is C25H33N3O3. The standard InChI is InChI=1S/C25H33N3O3/c1-25(2)24(30)26-12-14-28(25)15-19-7-9-23(10-8-19)31-18-22(29)17-27-13-11-20-5-3-4-6-21(20)16-27/h3-10,22,29H,11-18H2,1-2H3,(H,26,30). The molecule has 0 spiro atoms. The van der Waals surface area contributed by atoms with Crippen LogP contribution in [0.25, 0.3) is 0 Å². The fraction of sp³-hybridized carbons (Fsp3) is 0.480. The number of carbonyl (C=O) groups excluding carboxylic acids is 1. The van der Waals surface area contributed by atoms with E-state index < -0.39 is 11.6 Å². The van der Waals surface area contributed by atoms with Crippen LogP contribution < -0.4 is 10.1 Å². The maximum atomic E-state index is 12.1. The van der Waals surface area contributed by atoms with Crippen molar-refractivity contribution in [2.24, 2.45) is 0 Å². The number of carbonyl (C=O) groups is 1. The smallest absolute Gasteiger partial charge is 0.240 e. The summed E-state index contributed by atoms with van der Waals surface area (Å²) >= 11 is 0. The molecule has 6 nitrogen and oxygen atoms in total. The molecule has 2 heterocycles. The van der Waals surface area contributed by atoms with Crippen molar-refractivity contribution >= 4 is 5.91 Å². The summed E-state index contributed by atoms with van der Waals surface area (Å²) in [4.78, 5) is 16.6. The lowest BCUT2D eigenvalue weighted by Gasteiger charge is -2.41. The van der Waals surface area contributed by atoms with Crippen LogP contribution in [0.1, 0.15) is 30.5 Å². The summed E-state index contributed by atoms with van der Waals surface area (Å²) in [5.74, 6) is 0.826. The van der Waals surface area contributed by atoms with Gasteiger partial charge in [0.1, 0.15) is 18.5 Å². The molecule has 0 saturated carbocycles. The lowest BCUT2D eigenvalue weighted by atomic mass is 9.98. The van der Waals surface area contributed by atoms with Crippen molar-refractivity contribution in [2.75, 3.05) is 32.8 Å². The van der Waals surface area contributed by atoms with Crippen molar-refractivity contribution in [3.63, 3.8) is 0 Å². The van der Waals surface area contributed by atoms with Gasteiger partial charge in [-0.05, 0) is 49.1 Å². The number of aliphatic hydroxyl groups excluding tert-OH is 1. The third kappa shape index (κ3) is 5.26. The van der Waals surface area contributed by atoms with E-state index in [-0.39, 0.29) is 12.5 Å². The number of piperazine rings is 1. The van der Waals surface area contributed by atoms with Gasteiger partial charge >= 0.3 is 0 Å². The highest BCUT2D eigenvalue weighted by Crippen LogP contribution is 2.22. The van der Waals surface area contributed by atoms with E-state index >= 15 is 0 Å². The van der Waals surface area contributed by atoms with Crippen LogP contribution >= 0.6 is 0 Å². The van der Waals surface area contributed by atoms with Gasteiger partial charge in [0, 0.05) is 39.3 Å². The van der Waals surface area contributed by atoms with Crippen LogP contribution in [0.15, 0.2) is 48.5 Å². The summed E-state index contributed by atoms with van der Waals surface area (Å²) in [6.45, 7) is 8.90. The average Bonchev–Trinajstić information content (AvgIpc) is 2.76. The number of amides is 1. The van der Waals surface area contributed by atoms with Crippen molar-refractivity contribution in [1.29, 1.82) is 0 Å².